The molecule has 110 valence electrons. The average molecular weight is 278 g/mol. The maximum absolute atomic E-state index is 11.8. The summed E-state index contributed by atoms with van der Waals surface area (Å²) in [5.74, 6) is -0.656. The molecule has 1 aromatic rings. The van der Waals surface area contributed by atoms with E-state index in [4.69, 9.17) is 14.2 Å². The summed E-state index contributed by atoms with van der Waals surface area (Å²) in [5.41, 5.74) is 1.05. The minimum atomic E-state index is -0.384. The van der Waals surface area contributed by atoms with Crippen molar-refractivity contribution in [2.75, 3.05) is 20.5 Å². The molecule has 0 saturated carbocycles. The van der Waals surface area contributed by atoms with Gasteiger partial charge in [-0.1, -0.05) is 42.5 Å². The van der Waals surface area contributed by atoms with Crippen LogP contribution in [-0.4, -0.2) is 32.6 Å². The van der Waals surface area contributed by atoms with Gasteiger partial charge in [0, 0.05) is 7.11 Å². The van der Waals surface area contributed by atoms with Gasteiger partial charge < -0.3 is 14.2 Å². The van der Waals surface area contributed by atoms with E-state index >= 15 is 0 Å². The van der Waals surface area contributed by atoms with Gasteiger partial charge >= 0.3 is 5.97 Å². The number of methoxy groups -OCH3 is 1. The van der Waals surface area contributed by atoms with Crippen molar-refractivity contribution >= 4 is 12.0 Å². The monoisotopic (exact) mass is 278 g/mol. The third-order valence-corrected chi connectivity index (χ3v) is 2.81. The number of benzene rings is 1. The fourth-order valence-corrected chi connectivity index (χ4v) is 1.69. The van der Waals surface area contributed by atoms with Crippen molar-refractivity contribution in [3.63, 3.8) is 0 Å². The van der Waals surface area contributed by atoms with Crippen LogP contribution in [0, 0.1) is 5.92 Å². The zero-order valence-corrected chi connectivity index (χ0v) is 12.2. The predicted octanol–water partition coefficient (Wildman–Crippen LogP) is 2.89. The van der Waals surface area contributed by atoms with Gasteiger partial charge in [-0.3, -0.25) is 4.79 Å². The molecular formula is C16H22O4. The van der Waals surface area contributed by atoms with Crippen molar-refractivity contribution in [3.05, 3.63) is 42.0 Å². The zero-order chi connectivity index (χ0) is 14.8. The van der Waals surface area contributed by atoms with Crippen molar-refractivity contribution in [2.24, 2.45) is 5.92 Å². The Balaban J connectivity index is 2.73. The summed E-state index contributed by atoms with van der Waals surface area (Å²) in [7, 11) is 1.55. The number of hydrogen-bond donors (Lipinski definition) is 0. The topological polar surface area (TPSA) is 44.8 Å². The third-order valence-electron chi connectivity index (χ3n) is 2.81. The van der Waals surface area contributed by atoms with E-state index in [9.17, 15) is 4.79 Å². The van der Waals surface area contributed by atoms with E-state index in [1.807, 2.05) is 42.5 Å². The Kier molecular flexibility index (Phi) is 7.62. The summed E-state index contributed by atoms with van der Waals surface area (Å²) in [6, 6.07) is 9.84. The lowest BCUT2D eigenvalue weighted by Crippen LogP contribution is -2.29. The highest BCUT2D eigenvalue weighted by molar-refractivity contribution is 5.73. The van der Waals surface area contributed by atoms with Crippen LogP contribution in [0.25, 0.3) is 6.08 Å². The normalized spacial score (nSPS) is 14.2. The molecule has 20 heavy (non-hydrogen) atoms. The summed E-state index contributed by atoms with van der Waals surface area (Å²) in [5, 5.41) is 0. The Morgan fingerprint density at radius 2 is 2.00 bits per heavy atom. The number of hydrogen-bond acceptors (Lipinski definition) is 4. The summed E-state index contributed by atoms with van der Waals surface area (Å²) in [6.07, 6.45) is 3.40. The van der Waals surface area contributed by atoms with E-state index in [0.29, 0.717) is 6.61 Å². The first-order valence-electron chi connectivity index (χ1n) is 6.69. The fourth-order valence-electron chi connectivity index (χ4n) is 1.69. The Hall–Kier alpha value is -1.65. The third kappa shape index (κ3) is 5.55. The SMILES string of the molecule is CCOC(=O)[C@H](C)[C@H](/C=C/c1ccccc1)OCOC. The first kappa shape index (κ1) is 16.4. The molecule has 1 rings (SSSR count). The molecule has 1 aromatic carbocycles. The summed E-state index contributed by atoms with van der Waals surface area (Å²) >= 11 is 0. The molecule has 0 spiro atoms. The van der Waals surface area contributed by atoms with E-state index in [1.165, 1.54) is 0 Å². The van der Waals surface area contributed by atoms with Gasteiger partial charge in [0.15, 0.2) is 0 Å². The first-order valence-corrected chi connectivity index (χ1v) is 6.69. The highest BCUT2D eigenvalue weighted by atomic mass is 16.7. The molecule has 2 atom stereocenters. The lowest BCUT2D eigenvalue weighted by atomic mass is 10.0. The molecule has 0 aliphatic rings. The van der Waals surface area contributed by atoms with Crippen LogP contribution < -0.4 is 0 Å². The molecule has 0 aliphatic heterocycles. The van der Waals surface area contributed by atoms with Crippen LogP contribution in [0.3, 0.4) is 0 Å². The van der Waals surface area contributed by atoms with E-state index in [1.54, 1.807) is 21.0 Å². The van der Waals surface area contributed by atoms with Gasteiger partial charge in [-0.2, -0.15) is 0 Å². The van der Waals surface area contributed by atoms with Crippen LogP contribution in [-0.2, 0) is 19.0 Å². The Morgan fingerprint density at radius 3 is 2.60 bits per heavy atom. The maximum Gasteiger partial charge on any atom is 0.311 e. The van der Waals surface area contributed by atoms with Crippen LogP contribution in [0.4, 0.5) is 0 Å². The number of ether oxygens (including phenoxy) is 3. The number of rotatable bonds is 8. The molecule has 0 unspecified atom stereocenters. The van der Waals surface area contributed by atoms with Crippen LogP contribution in [0.2, 0.25) is 0 Å². The highest BCUT2D eigenvalue weighted by Gasteiger charge is 2.23. The fraction of sp³-hybridized carbons (Fsp3) is 0.438. The van der Waals surface area contributed by atoms with Crippen LogP contribution in [0.1, 0.15) is 19.4 Å². The quantitative estimate of drug-likeness (QED) is 0.542. The van der Waals surface area contributed by atoms with Crippen molar-refractivity contribution in [1.82, 2.24) is 0 Å². The summed E-state index contributed by atoms with van der Waals surface area (Å²) < 4.78 is 15.5. The average Bonchev–Trinajstić information content (AvgIpc) is 2.48. The van der Waals surface area contributed by atoms with Crippen LogP contribution >= 0.6 is 0 Å². The van der Waals surface area contributed by atoms with Crippen molar-refractivity contribution in [2.45, 2.75) is 20.0 Å². The van der Waals surface area contributed by atoms with Gasteiger partial charge in [0.2, 0.25) is 0 Å². The minimum absolute atomic E-state index is 0.132. The Labute approximate surface area is 120 Å². The van der Waals surface area contributed by atoms with Gasteiger partial charge in [0.05, 0.1) is 18.6 Å². The second kappa shape index (κ2) is 9.28. The van der Waals surface area contributed by atoms with Crippen LogP contribution in [0.5, 0.6) is 0 Å². The zero-order valence-electron chi connectivity index (χ0n) is 12.2. The molecule has 4 nitrogen and oxygen atoms in total. The lowest BCUT2D eigenvalue weighted by Gasteiger charge is -2.19. The van der Waals surface area contributed by atoms with Crippen molar-refractivity contribution in [1.29, 1.82) is 0 Å². The highest BCUT2D eigenvalue weighted by Crippen LogP contribution is 2.14. The predicted molar refractivity (Wildman–Crippen MR) is 78.0 cm³/mol. The number of carbonyl (C=O) groups excluding carboxylic acids is 1. The molecule has 0 N–H and O–H groups in total. The summed E-state index contributed by atoms with van der Waals surface area (Å²) in [6.45, 7) is 4.07. The van der Waals surface area contributed by atoms with Gasteiger partial charge in [-0.25, -0.2) is 0 Å². The van der Waals surface area contributed by atoms with Gasteiger partial charge in [0.25, 0.3) is 0 Å². The maximum atomic E-state index is 11.8. The molecule has 0 saturated heterocycles. The first-order chi connectivity index (χ1) is 9.69. The second-order valence-corrected chi connectivity index (χ2v) is 4.35. The van der Waals surface area contributed by atoms with E-state index in [2.05, 4.69) is 0 Å². The Bertz CT molecular complexity index is 414. The Morgan fingerprint density at radius 1 is 1.30 bits per heavy atom. The van der Waals surface area contributed by atoms with Gasteiger partial charge in [-0.05, 0) is 19.4 Å². The van der Waals surface area contributed by atoms with Crippen LogP contribution in [0.15, 0.2) is 36.4 Å². The van der Waals surface area contributed by atoms with Crippen molar-refractivity contribution in [3.8, 4) is 0 Å². The molecule has 4 heteroatoms. The lowest BCUT2D eigenvalue weighted by molar-refractivity contribution is -0.154. The van der Waals surface area contributed by atoms with Crippen molar-refractivity contribution < 1.29 is 19.0 Å². The molecule has 0 aliphatic carbocycles. The smallest absolute Gasteiger partial charge is 0.311 e. The van der Waals surface area contributed by atoms with E-state index < -0.39 is 0 Å². The molecule has 0 aromatic heterocycles. The molecule has 0 bridgehead atoms. The molecule has 0 amide bonds. The second-order valence-electron chi connectivity index (χ2n) is 4.35. The van der Waals surface area contributed by atoms with Gasteiger partial charge in [0.1, 0.15) is 6.79 Å². The molecule has 0 radical (unpaired) electrons. The van der Waals surface area contributed by atoms with Gasteiger partial charge in [-0.15, -0.1) is 0 Å². The standard InChI is InChI=1S/C16H22O4/c1-4-19-16(17)13(2)15(20-12-18-3)11-10-14-8-6-5-7-9-14/h5-11,13,15H,4,12H2,1-3H3/b11-10+/t13-,15+/m1/s1. The minimum Gasteiger partial charge on any atom is -0.466 e. The summed E-state index contributed by atoms with van der Waals surface area (Å²) in [4.78, 5) is 11.8. The van der Waals surface area contributed by atoms with E-state index in [-0.39, 0.29) is 24.8 Å². The molecule has 0 fully saturated rings. The molecule has 0 heterocycles. The van der Waals surface area contributed by atoms with E-state index in [0.717, 1.165) is 5.56 Å². The number of esters is 1. The molecular weight excluding hydrogens is 256 g/mol. The number of carbonyl (C=O) groups is 1. The largest absolute Gasteiger partial charge is 0.466 e.